The van der Waals surface area contributed by atoms with Crippen molar-refractivity contribution in [3.05, 3.63) is 6.92 Å². The van der Waals surface area contributed by atoms with Crippen molar-refractivity contribution in [1.82, 2.24) is 0 Å². The summed E-state index contributed by atoms with van der Waals surface area (Å²) in [6.45, 7) is 13.2. The average Bonchev–Trinajstić information content (AvgIpc) is 2.11. The van der Waals surface area contributed by atoms with Crippen molar-refractivity contribution in [2.75, 3.05) is 0 Å². The van der Waals surface area contributed by atoms with Crippen LogP contribution in [0, 0.1) is 18.3 Å². The Morgan fingerprint density at radius 3 is 1.72 bits per heavy atom. The number of hydrogen-bond acceptors (Lipinski definition) is 2. The maximum atomic E-state index is 9.43. The molecule has 0 amide bonds. The molecule has 0 bridgehead atoms. The molecule has 0 heterocycles. The molecule has 0 spiro atoms. The molecule has 0 rings (SSSR count). The first-order valence-corrected chi connectivity index (χ1v) is 5.87. The monoisotopic (exact) mass is 252 g/mol. The van der Waals surface area contributed by atoms with E-state index in [9.17, 15) is 9.59 Å². The van der Waals surface area contributed by atoms with E-state index in [2.05, 4.69) is 34.6 Å². The summed E-state index contributed by atoms with van der Waals surface area (Å²) in [4.78, 5) is 18.9. The van der Waals surface area contributed by atoms with Crippen LogP contribution in [0.3, 0.4) is 0 Å². The fourth-order valence-electron chi connectivity index (χ4n) is 1.01. The second-order valence-electron chi connectivity index (χ2n) is 5.17. The SMILES string of the molecule is O=C(O)CC(=O)O.[CH2-]C(CCCC)C(C)(C)C.[Li+]. The van der Waals surface area contributed by atoms with E-state index in [4.69, 9.17) is 10.2 Å². The molecule has 1 unspecified atom stereocenters. The van der Waals surface area contributed by atoms with Crippen LogP contribution in [-0.4, -0.2) is 22.2 Å². The van der Waals surface area contributed by atoms with Gasteiger partial charge in [-0.05, 0) is 0 Å². The number of aliphatic carboxylic acids is 2. The van der Waals surface area contributed by atoms with E-state index in [1.807, 2.05) is 0 Å². The van der Waals surface area contributed by atoms with Crippen molar-refractivity contribution in [2.24, 2.45) is 11.3 Å². The molecule has 0 aromatic rings. The first kappa shape index (κ1) is 22.7. The Morgan fingerprint density at radius 2 is 1.56 bits per heavy atom. The number of rotatable bonds is 5. The van der Waals surface area contributed by atoms with Crippen LogP contribution < -0.4 is 18.9 Å². The van der Waals surface area contributed by atoms with E-state index in [1.54, 1.807) is 0 Å². The van der Waals surface area contributed by atoms with Crippen molar-refractivity contribution >= 4 is 11.9 Å². The van der Waals surface area contributed by atoms with E-state index in [1.165, 1.54) is 19.3 Å². The third-order valence-electron chi connectivity index (χ3n) is 2.43. The summed E-state index contributed by atoms with van der Waals surface area (Å²) in [5.41, 5.74) is 0.398. The summed E-state index contributed by atoms with van der Waals surface area (Å²) in [5, 5.41) is 15.4. The Morgan fingerprint density at radius 1 is 1.17 bits per heavy atom. The summed E-state index contributed by atoms with van der Waals surface area (Å²) in [6.07, 6.45) is 3.09. The molecule has 4 nitrogen and oxygen atoms in total. The van der Waals surface area contributed by atoms with Crippen molar-refractivity contribution in [3.8, 4) is 0 Å². The van der Waals surface area contributed by atoms with E-state index >= 15 is 0 Å². The molecule has 0 aromatic heterocycles. The molecular weight excluding hydrogens is 227 g/mol. The van der Waals surface area contributed by atoms with Crippen LogP contribution in [0.1, 0.15) is 53.4 Å². The zero-order chi connectivity index (χ0) is 14.1. The van der Waals surface area contributed by atoms with Crippen LogP contribution in [0.4, 0.5) is 0 Å². The van der Waals surface area contributed by atoms with Gasteiger partial charge in [-0.1, -0.05) is 52.4 Å². The van der Waals surface area contributed by atoms with E-state index in [0.29, 0.717) is 11.3 Å². The van der Waals surface area contributed by atoms with Gasteiger partial charge in [-0.15, -0.1) is 0 Å². The molecule has 5 heteroatoms. The molecule has 0 fully saturated rings. The van der Waals surface area contributed by atoms with Gasteiger partial charge in [-0.2, -0.15) is 5.92 Å². The fraction of sp³-hybridized carbons (Fsp3) is 0.769. The van der Waals surface area contributed by atoms with E-state index < -0.39 is 18.4 Å². The van der Waals surface area contributed by atoms with Crippen LogP contribution in [0.15, 0.2) is 0 Å². The summed E-state index contributed by atoms with van der Waals surface area (Å²) in [7, 11) is 0. The predicted octanol–water partition coefficient (Wildman–Crippen LogP) is 0.223. The van der Waals surface area contributed by atoms with Crippen molar-refractivity contribution in [1.29, 1.82) is 0 Å². The number of carboxylic acid groups (broad SMARTS) is 2. The smallest absolute Gasteiger partial charge is 0.481 e. The number of hydrogen-bond donors (Lipinski definition) is 2. The van der Waals surface area contributed by atoms with Crippen molar-refractivity contribution in [2.45, 2.75) is 53.4 Å². The van der Waals surface area contributed by atoms with Gasteiger partial charge in [0.1, 0.15) is 6.42 Å². The Balaban J connectivity index is -0.000000251. The van der Waals surface area contributed by atoms with Crippen molar-refractivity contribution in [3.63, 3.8) is 0 Å². The second kappa shape index (κ2) is 11.6. The quantitative estimate of drug-likeness (QED) is 0.417. The van der Waals surface area contributed by atoms with Gasteiger partial charge in [-0.25, -0.2) is 0 Å². The Labute approximate surface area is 122 Å². The van der Waals surface area contributed by atoms with Crippen molar-refractivity contribution < 1.29 is 38.7 Å². The largest absolute Gasteiger partial charge is 1.00 e. The summed E-state index contributed by atoms with van der Waals surface area (Å²) in [5.74, 6) is -2.01. The first-order valence-electron chi connectivity index (χ1n) is 5.87. The molecule has 0 saturated heterocycles. The zero-order valence-corrected chi connectivity index (χ0v) is 12.3. The molecule has 0 aliphatic heterocycles. The molecule has 0 aliphatic rings. The molecule has 0 aliphatic carbocycles. The van der Waals surface area contributed by atoms with Gasteiger partial charge < -0.3 is 17.1 Å². The van der Waals surface area contributed by atoms with Gasteiger partial charge in [0, 0.05) is 0 Å². The standard InChI is InChI=1S/C10H21.C3H4O4.Li/c1-6-7-8-9(2)10(3,4)5;4-2(5)1-3(6)7;/h9H,2,6-8H2,1,3-5H3;1H2,(H,4,5)(H,6,7);/q-1;;+1. The minimum Gasteiger partial charge on any atom is -0.481 e. The Hall–Kier alpha value is -0.463. The van der Waals surface area contributed by atoms with Gasteiger partial charge in [0.2, 0.25) is 0 Å². The minimum atomic E-state index is -1.31. The summed E-state index contributed by atoms with van der Waals surface area (Å²) in [6, 6.07) is 0. The molecule has 18 heavy (non-hydrogen) atoms. The number of carbonyl (C=O) groups is 2. The maximum absolute atomic E-state index is 9.43. The summed E-state index contributed by atoms with van der Waals surface area (Å²) >= 11 is 0. The van der Waals surface area contributed by atoms with Gasteiger partial charge in [0.05, 0.1) is 0 Å². The van der Waals surface area contributed by atoms with Gasteiger partial charge in [0.25, 0.3) is 0 Å². The predicted molar refractivity (Wildman–Crippen MR) is 67.7 cm³/mol. The van der Waals surface area contributed by atoms with E-state index in [-0.39, 0.29) is 18.9 Å². The molecular formula is C13H25LiO4. The second-order valence-corrected chi connectivity index (χ2v) is 5.17. The van der Waals surface area contributed by atoms with Crippen LogP contribution >= 0.6 is 0 Å². The molecule has 0 radical (unpaired) electrons. The first-order chi connectivity index (χ1) is 7.61. The van der Waals surface area contributed by atoms with Gasteiger partial charge >= 0.3 is 30.8 Å². The normalized spacial score (nSPS) is 11.6. The van der Waals surface area contributed by atoms with Crippen LogP contribution in [0.2, 0.25) is 0 Å². The molecule has 0 saturated carbocycles. The van der Waals surface area contributed by atoms with Crippen LogP contribution in [0.5, 0.6) is 0 Å². The van der Waals surface area contributed by atoms with Crippen LogP contribution in [-0.2, 0) is 9.59 Å². The zero-order valence-electron chi connectivity index (χ0n) is 12.3. The number of carboxylic acids is 2. The fourth-order valence-corrected chi connectivity index (χ4v) is 1.01. The Bertz CT molecular complexity index is 222. The Kier molecular flexibility index (Phi) is 14.6. The molecule has 2 N–H and O–H groups in total. The molecule has 102 valence electrons. The third-order valence-corrected chi connectivity index (χ3v) is 2.43. The topological polar surface area (TPSA) is 74.6 Å². The summed E-state index contributed by atoms with van der Waals surface area (Å²) < 4.78 is 0. The van der Waals surface area contributed by atoms with Crippen LogP contribution in [0.25, 0.3) is 0 Å². The third kappa shape index (κ3) is 17.9. The van der Waals surface area contributed by atoms with E-state index in [0.717, 1.165) is 0 Å². The maximum Gasteiger partial charge on any atom is 1.00 e. The molecule has 1 atom stereocenters. The minimum absolute atomic E-state index is 0. The molecule has 0 aromatic carbocycles. The van der Waals surface area contributed by atoms with Gasteiger partial charge in [0.15, 0.2) is 0 Å². The average molecular weight is 252 g/mol. The van der Waals surface area contributed by atoms with Gasteiger partial charge in [-0.3, -0.25) is 9.59 Å². The number of unbranched alkanes of at least 4 members (excludes halogenated alkanes) is 1.